The minimum Gasteiger partial charge on any atom is -0.330 e. The molecule has 1 atom stereocenters. The van der Waals surface area contributed by atoms with Crippen molar-refractivity contribution in [2.75, 3.05) is 26.2 Å². The molecule has 0 aromatic rings. The number of nitrogens with zero attached hydrogens (tertiary/aromatic N) is 1. The van der Waals surface area contributed by atoms with Crippen LogP contribution < -0.4 is 5.73 Å². The molecule has 17 heavy (non-hydrogen) atoms. The van der Waals surface area contributed by atoms with Crippen LogP contribution in [0.2, 0.25) is 0 Å². The van der Waals surface area contributed by atoms with E-state index in [9.17, 15) is 13.2 Å². The van der Waals surface area contributed by atoms with Crippen molar-refractivity contribution >= 4 is 0 Å². The maximum Gasteiger partial charge on any atom is 0.391 e. The largest absolute Gasteiger partial charge is 0.391 e. The van der Waals surface area contributed by atoms with Gasteiger partial charge in [-0.1, -0.05) is 13.8 Å². The van der Waals surface area contributed by atoms with Crippen molar-refractivity contribution in [3.8, 4) is 0 Å². The second-order valence-electron chi connectivity index (χ2n) is 5.46. The van der Waals surface area contributed by atoms with Crippen molar-refractivity contribution in [2.45, 2.75) is 39.3 Å². The molecular weight excluding hydrogens is 229 g/mol. The first-order chi connectivity index (χ1) is 7.80. The summed E-state index contributed by atoms with van der Waals surface area (Å²) in [4.78, 5) is 2.12. The number of hydrogen-bond donors (Lipinski definition) is 1. The Kier molecular flexibility index (Phi) is 4.84. The second kappa shape index (κ2) is 5.57. The summed E-state index contributed by atoms with van der Waals surface area (Å²) in [6, 6.07) is 0. The number of rotatable bonds is 4. The molecule has 0 spiro atoms. The monoisotopic (exact) mass is 252 g/mol. The van der Waals surface area contributed by atoms with Gasteiger partial charge in [0, 0.05) is 6.54 Å². The van der Waals surface area contributed by atoms with Gasteiger partial charge in [0.05, 0.1) is 5.92 Å². The van der Waals surface area contributed by atoms with Crippen LogP contribution in [0.3, 0.4) is 0 Å². The van der Waals surface area contributed by atoms with Crippen LogP contribution in [0.25, 0.3) is 0 Å². The predicted molar refractivity (Wildman–Crippen MR) is 62.7 cm³/mol. The van der Waals surface area contributed by atoms with Crippen LogP contribution in [-0.4, -0.2) is 37.3 Å². The Morgan fingerprint density at radius 1 is 1.24 bits per heavy atom. The summed E-state index contributed by atoms with van der Waals surface area (Å²) in [5.74, 6) is -1.11. The molecule has 1 aliphatic rings. The highest BCUT2D eigenvalue weighted by molar-refractivity contribution is 4.83. The van der Waals surface area contributed by atoms with E-state index in [1.807, 2.05) is 0 Å². The molecule has 2 nitrogen and oxygen atoms in total. The molecule has 1 fully saturated rings. The highest BCUT2D eigenvalue weighted by atomic mass is 19.4. The zero-order chi connectivity index (χ0) is 13.1. The van der Waals surface area contributed by atoms with E-state index in [2.05, 4.69) is 18.7 Å². The van der Waals surface area contributed by atoms with Gasteiger partial charge in [0.15, 0.2) is 0 Å². The molecule has 1 rings (SSSR count). The first-order valence-corrected chi connectivity index (χ1v) is 6.30. The van der Waals surface area contributed by atoms with Gasteiger partial charge in [-0.05, 0) is 44.3 Å². The number of nitrogens with two attached hydrogens (primary N) is 1. The molecule has 102 valence electrons. The Hall–Kier alpha value is -0.290. The molecule has 0 saturated carbocycles. The van der Waals surface area contributed by atoms with Crippen molar-refractivity contribution in [3.63, 3.8) is 0 Å². The highest BCUT2D eigenvalue weighted by Crippen LogP contribution is 2.35. The molecule has 0 aliphatic carbocycles. The van der Waals surface area contributed by atoms with Crippen LogP contribution in [0.15, 0.2) is 0 Å². The topological polar surface area (TPSA) is 29.3 Å². The van der Waals surface area contributed by atoms with E-state index in [1.54, 1.807) is 0 Å². The Morgan fingerprint density at radius 2 is 1.76 bits per heavy atom. The number of piperidine rings is 1. The van der Waals surface area contributed by atoms with E-state index in [0.717, 1.165) is 13.0 Å². The maximum atomic E-state index is 12.5. The molecule has 1 heterocycles. The zero-order valence-corrected chi connectivity index (χ0v) is 10.7. The van der Waals surface area contributed by atoms with Crippen molar-refractivity contribution in [3.05, 3.63) is 0 Å². The minimum atomic E-state index is -4.02. The van der Waals surface area contributed by atoms with E-state index >= 15 is 0 Å². The van der Waals surface area contributed by atoms with Gasteiger partial charge in [0.2, 0.25) is 0 Å². The number of likely N-dealkylation sites (tertiary alicyclic amines) is 1. The summed E-state index contributed by atoms with van der Waals surface area (Å²) in [7, 11) is 0. The summed E-state index contributed by atoms with van der Waals surface area (Å²) >= 11 is 0. The fraction of sp³-hybridized carbons (Fsp3) is 1.00. The van der Waals surface area contributed by atoms with Crippen molar-refractivity contribution in [1.29, 1.82) is 0 Å². The number of hydrogen-bond acceptors (Lipinski definition) is 2. The number of alkyl halides is 3. The second-order valence-corrected chi connectivity index (χ2v) is 5.46. The van der Waals surface area contributed by atoms with Gasteiger partial charge < -0.3 is 10.6 Å². The predicted octanol–water partition coefficient (Wildman–Crippen LogP) is 2.64. The Labute approximate surface area is 101 Å². The smallest absolute Gasteiger partial charge is 0.330 e. The summed E-state index contributed by atoms with van der Waals surface area (Å²) in [6.07, 6.45) is -2.60. The molecule has 0 amide bonds. The van der Waals surface area contributed by atoms with Crippen molar-refractivity contribution < 1.29 is 13.2 Å². The average molecular weight is 252 g/mol. The first-order valence-electron chi connectivity index (χ1n) is 6.30. The maximum absolute atomic E-state index is 12.5. The summed E-state index contributed by atoms with van der Waals surface area (Å²) in [6.45, 7) is 6.66. The van der Waals surface area contributed by atoms with Crippen LogP contribution in [0.4, 0.5) is 13.2 Å². The van der Waals surface area contributed by atoms with Gasteiger partial charge >= 0.3 is 6.18 Å². The van der Waals surface area contributed by atoms with Crippen molar-refractivity contribution in [2.24, 2.45) is 17.1 Å². The van der Waals surface area contributed by atoms with Gasteiger partial charge in [0.1, 0.15) is 0 Å². The third kappa shape index (κ3) is 4.14. The lowest BCUT2D eigenvalue weighted by molar-refractivity contribution is -0.185. The summed E-state index contributed by atoms with van der Waals surface area (Å²) in [5, 5.41) is 0. The Morgan fingerprint density at radius 3 is 2.12 bits per heavy atom. The zero-order valence-electron chi connectivity index (χ0n) is 10.7. The third-order valence-corrected chi connectivity index (χ3v) is 4.00. The van der Waals surface area contributed by atoms with Gasteiger partial charge in [-0.3, -0.25) is 0 Å². The van der Waals surface area contributed by atoms with Crippen LogP contribution in [0, 0.1) is 11.3 Å². The van der Waals surface area contributed by atoms with Gasteiger partial charge in [-0.25, -0.2) is 0 Å². The van der Waals surface area contributed by atoms with Crippen molar-refractivity contribution in [1.82, 2.24) is 4.90 Å². The van der Waals surface area contributed by atoms with E-state index in [1.165, 1.54) is 0 Å². The SMILES string of the molecule is CCC(C)(CN)CN1CCC(C(F)(F)F)CC1. The molecule has 1 aliphatic heterocycles. The van der Waals surface area contributed by atoms with E-state index < -0.39 is 12.1 Å². The van der Waals surface area contributed by atoms with E-state index in [4.69, 9.17) is 5.73 Å². The molecule has 0 aromatic carbocycles. The molecular formula is C12H23F3N2. The Balaban J connectivity index is 2.42. The lowest BCUT2D eigenvalue weighted by Crippen LogP contribution is -2.45. The molecule has 2 N–H and O–H groups in total. The highest BCUT2D eigenvalue weighted by Gasteiger charge is 2.41. The lowest BCUT2D eigenvalue weighted by atomic mass is 9.85. The molecule has 5 heteroatoms. The van der Waals surface area contributed by atoms with E-state index in [0.29, 0.717) is 19.6 Å². The quantitative estimate of drug-likeness (QED) is 0.833. The average Bonchev–Trinajstić information content (AvgIpc) is 2.28. The number of halogens is 3. The van der Waals surface area contributed by atoms with Crippen LogP contribution in [0.1, 0.15) is 33.1 Å². The standard InChI is InChI=1S/C12H23F3N2/c1-3-11(2,8-16)9-17-6-4-10(5-7-17)12(13,14)15/h10H,3-9,16H2,1-2H3. The molecule has 1 saturated heterocycles. The third-order valence-electron chi connectivity index (χ3n) is 4.00. The lowest BCUT2D eigenvalue weighted by Gasteiger charge is -2.38. The van der Waals surface area contributed by atoms with Gasteiger partial charge in [0.25, 0.3) is 0 Å². The Bertz CT molecular complexity index is 228. The van der Waals surface area contributed by atoms with Crippen LogP contribution >= 0.6 is 0 Å². The minimum absolute atomic E-state index is 0.0328. The molecule has 0 aromatic heterocycles. The van der Waals surface area contributed by atoms with Gasteiger partial charge in [-0.15, -0.1) is 0 Å². The molecule has 0 radical (unpaired) electrons. The normalized spacial score (nSPS) is 23.6. The van der Waals surface area contributed by atoms with E-state index in [-0.39, 0.29) is 18.3 Å². The fourth-order valence-corrected chi connectivity index (χ4v) is 2.28. The molecule has 1 unspecified atom stereocenters. The van der Waals surface area contributed by atoms with Gasteiger partial charge in [-0.2, -0.15) is 13.2 Å². The van der Waals surface area contributed by atoms with Crippen LogP contribution in [0.5, 0.6) is 0 Å². The summed E-state index contributed by atoms with van der Waals surface area (Å²) in [5.41, 5.74) is 5.76. The fourth-order valence-electron chi connectivity index (χ4n) is 2.28. The first kappa shape index (κ1) is 14.8. The van der Waals surface area contributed by atoms with Crippen LogP contribution in [-0.2, 0) is 0 Å². The summed E-state index contributed by atoms with van der Waals surface area (Å²) < 4.78 is 37.5. The molecule has 0 bridgehead atoms.